The lowest BCUT2D eigenvalue weighted by Gasteiger charge is -2.27. The molecule has 7 heteroatoms. The molecule has 20 heavy (non-hydrogen) atoms. The van der Waals surface area contributed by atoms with Gasteiger partial charge in [-0.3, -0.25) is 0 Å². The van der Waals surface area contributed by atoms with Gasteiger partial charge in [0.2, 0.25) is 5.95 Å². The van der Waals surface area contributed by atoms with Crippen LogP contribution in [0.4, 0.5) is 11.8 Å². The largest absolute Gasteiger partial charge is 0.382 e. The van der Waals surface area contributed by atoms with Gasteiger partial charge in [0.05, 0.1) is 19.5 Å². The number of rotatable bonds is 3. The summed E-state index contributed by atoms with van der Waals surface area (Å²) >= 11 is 0. The van der Waals surface area contributed by atoms with E-state index >= 15 is 0 Å². The number of imidazole rings is 1. The molecule has 1 aliphatic heterocycles. The van der Waals surface area contributed by atoms with Crippen molar-refractivity contribution in [3.63, 3.8) is 0 Å². The summed E-state index contributed by atoms with van der Waals surface area (Å²) in [5.41, 5.74) is 7.53. The smallest absolute Gasteiger partial charge is 0.229 e. The summed E-state index contributed by atoms with van der Waals surface area (Å²) in [6.07, 6.45) is 2.81. The Bertz CT molecular complexity index is 604. The number of morpholine rings is 1. The van der Waals surface area contributed by atoms with Gasteiger partial charge in [0.25, 0.3) is 0 Å². The first-order chi connectivity index (χ1) is 9.70. The van der Waals surface area contributed by atoms with Crippen LogP contribution in [0.1, 0.15) is 26.3 Å². The molecule has 108 valence electrons. The zero-order valence-electron chi connectivity index (χ0n) is 11.9. The summed E-state index contributed by atoms with van der Waals surface area (Å²) in [4.78, 5) is 15.5. The Kier molecular flexibility index (Phi) is 3.43. The van der Waals surface area contributed by atoms with Crippen molar-refractivity contribution in [2.45, 2.75) is 26.3 Å². The molecule has 0 amide bonds. The van der Waals surface area contributed by atoms with E-state index in [9.17, 15) is 0 Å². The van der Waals surface area contributed by atoms with Crippen LogP contribution in [-0.4, -0.2) is 45.8 Å². The van der Waals surface area contributed by atoms with Crippen molar-refractivity contribution in [2.75, 3.05) is 36.9 Å². The highest BCUT2D eigenvalue weighted by atomic mass is 16.5. The molecule has 0 bridgehead atoms. The second kappa shape index (κ2) is 5.24. The Balaban J connectivity index is 2.06. The lowest BCUT2D eigenvalue weighted by Crippen LogP contribution is -2.37. The van der Waals surface area contributed by atoms with Crippen molar-refractivity contribution >= 4 is 22.9 Å². The van der Waals surface area contributed by atoms with Crippen LogP contribution in [-0.2, 0) is 4.74 Å². The van der Waals surface area contributed by atoms with Gasteiger partial charge in [-0.15, -0.1) is 0 Å². The lowest BCUT2D eigenvalue weighted by molar-refractivity contribution is 0.122. The normalized spacial score (nSPS) is 17.6. The van der Waals surface area contributed by atoms with E-state index in [-0.39, 0.29) is 0 Å². The van der Waals surface area contributed by atoms with Gasteiger partial charge >= 0.3 is 0 Å². The second-order valence-electron chi connectivity index (χ2n) is 5.09. The monoisotopic (exact) mass is 276 g/mol. The van der Waals surface area contributed by atoms with Crippen LogP contribution < -0.4 is 10.6 Å². The zero-order chi connectivity index (χ0) is 14.1. The molecule has 0 saturated carbocycles. The number of nitrogen functional groups attached to an aromatic ring is 1. The van der Waals surface area contributed by atoms with Gasteiger partial charge in [-0.05, 0) is 13.3 Å². The highest BCUT2D eigenvalue weighted by molar-refractivity contribution is 5.83. The quantitative estimate of drug-likeness (QED) is 0.907. The predicted molar refractivity (Wildman–Crippen MR) is 77.8 cm³/mol. The van der Waals surface area contributed by atoms with Crippen LogP contribution in [0.15, 0.2) is 6.33 Å². The van der Waals surface area contributed by atoms with Crippen LogP contribution in [0, 0.1) is 0 Å². The zero-order valence-corrected chi connectivity index (χ0v) is 11.9. The van der Waals surface area contributed by atoms with Gasteiger partial charge < -0.3 is 19.9 Å². The number of anilines is 2. The molecule has 2 N–H and O–H groups in total. The third kappa shape index (κ3) is 2.18. The van der Waals surface area contributed by atoms with E-state index in [1.807, 2.05) is 0 Å². The molecule has 1 saturated heterocycles. The first kappa shape index (κ1) is 13.1. The maximum Gasteiger partial charge on any atom is 0.229 e. The molecule has 2 aromatic heterocycles. The molecule has 0 aliphatic carbocycles. The van der Waals surface area contributed by atoms with Gasteiger partial charge in [-0.2, -0.15) is 9.97 Å². The van der Waals surface area contributed by atoms with E-state index in [0.29, 0.717) is 36.5 Å². The fourth-order valence-electron chi connectivity index (χ4n) is 2.35. The maximum absolute atomic E-state index is 6.03. The summed E-state index contributed by atoms with van der Waals surface area (Å²) in [6, 6.07) is 0.340. The van der Waals surface area contributed by atoms with E-state index in [4.69, 9.17) is 10.5 Å². The molecular weight excluding hydrogens is 256 g/mol. The summed E-state index contributed by atoms with van der Waals surface area (Å²) < 4.78 is 7.42. The molecule has 3 rings (SSSR count). The second-order valence-corrected chi connectivity index (χ2v) is 5.09. The van der Waals surface area contributed by atoms with Gasteiger partial charge in [0, 0.05) is 19.1 Å². The minimum absolute atomic E-state index is 0.340. The van der Waals surface area contributed by atoms with Crippen LogP contribution >= 0.6 is 0 Å². The lowest BCUT2D eigenvalue weighted by atomic mass is 10.2. The van der Waals surface area contributed by atoms with Crippen molar-refractivity contribution in [2.24, 2.45) is 0 Å². The number of ether oxygens (including phenoxy) is 1. The first-order valence-corrected chi connectivity index (χ1v) is 7.03. The molecule has 3 heterocycles. The number of fused-ring (bicyclic) bond motifs is 1. The third-order valence-electron chi connectivity index (χ3n) is 3.80. The van der Waals surface area contributed by atoms with Crippen molar-refractivity contribution < 1.29 is 4.74 Å². The molecule has 2 aromatic rings. The number of aromatic nitrogens is 4. The summed E-state index contributed by atoms with van der Waals surface area (Å²) in [5, 5.41) is 0. The predicted octanol–water partition coefficient (Wildman–Crippen LogP) is 1.22. The van der Waals surface area contributed by atoms with Crippen molar-refractivity contribution in [1.29, 1.82) is 0 Å². The summed E-state index contributed by atoms with van der Waals surface area (Å²) in [7, 11) is 0. The Labute approximate surface area is 117 Å². The Hall–Kier alpha value is -1.89. The topological polar surface area (TPSA) is 82.1 Å². The third-order valence-corrected chi connectivity index (χ3v) is 3.80. The first-order valence-electron chi connectivity index (χ1n) is 7.03. The fraction of sp³-hybridized carbons (Fsp3) is 0.615. The number of nitrogens with zero attached hydrogens (tertiary/aromatic N) is 5. The van der Waals surface area contributed by atoms with Crippen LogP contribution in [0.2, 0.25) is 0 Å². The minimum Gasteiger partial charge on any atom is -0.382 e. The summed E-state index contributed by atoms with van der Waals surface area (Å²) in [5.74, 6) is 1.11. The number of hydrogen-bond acceptors (Lipinski definition) is 6. The molecule has 0 radical (unpaired) electrons. The Morgan fingerprint density at radius 3 is 2.80 bits per heavy atom. The minimum atomic E-state index is 0.340. The molecule has 1 atom stereocenters. The van der Waals surface area contributed by atoms with E-state index in [1.54, 1.807) is 6.33 Å². The maximum atomic E-state index is 6.03. The SMILES string of the molecule is CC[C@@H](C)n1cnc2c(N)nc(N3CCOCC3)nc21. The van der Waals surface area contributed by atoms with Crippen LogP contribution in [0.5, 0.6) is 0 Å². The van der Waals surface area contributed by atoms with E-state index in [2.05, 4.69) is 38.3 Å². The average Bonchev–Trinajstić information content (AvgIpc) is 2.92. The number of nitrogens with two attached hydrogens (primary N) is 1. The van der Waals surface area contributed by atoms with Gasteiger partial charge in [0.15, 0.2) is 11.5 Å². The molecule has 1 fully saturated rings. The molecular formula is C13H20N6O. The molecule has 0 spiro atoms. The molecule has 7 nitrogen and oxygen atoms in total. The van der Waals surface area contributed by atoms with Crippen LogP contribution in [0.3, 0.4) is 0 Å². The van der Waals surface area contributed by atoms with Crippen LogP contribution in [0.25, 0.3) is 11.2 Å². The highest BCUT2D eigenvalue weighted by Crippen LogP contribution is 2.24. The highest BCUT2D eigenvalue weighted by Gasteiger charge is 2.19. The van der Waals surface area contributed by atoms with E-state index in [1.165, 1.54) is 0 Å². The van der Waals surface area contributed by atoms with E-state index in [0.717, 1.165) is 25.2 Å². The molecule has 0 aromatic carbocycles. The molecule has 0 unspecified atom stereocenters. The van der Waals surface area contributed by atoms with Gasteiger partial charge in [-0.25, -0.2) is 4.98 Å². The van der Waals surface area contributed by atoms with Gasteiger partial charge in [0.1, 0.15) is 5.52 Å². The Morgan fingerprint density at radius 1 is 1.35 bits per heavy atom. The number of hydrogen-bond donors (Lipinski definition) is 1. The van der Waals surface area contributed by atoms with E-state index < -0.39 is 0 Å². The fourth-order valence-corrected chi connectivity index (χ4v) is 2.35. The average molecular weight is 276 g/mol. The summed E-state index contributed by atoms with van der Waals surface area (Å²) in [6.45, 7) is 7.28. The standard InChI is InChI=1S/C13H20N6O/c1-3-9(2)19-8-15-10-11(14)16-13(17-12(10)19)18-4-6-20-7-5-18/h8-9H,3-7H2,1-2H3,(H2,14,16,17)/t9-/m1/s1. The Morgan fingerprint density at radius 2 is 2.10 bits per heavy atom. The molecule has 1 aliphatic rings. The van der Waals surface area contributed by atoms with Crippen molar-refractivity contribution in [3.05, 3.63) is 6.33 Å². The van der Waals surface area contributed by atoms with Crippen molar-refractivity contribution in [1.82, 2.24) is 19.5 Å². The van der Waals surface area contributed by atoms with Crippen molar-refractivity contribution in [3.8, 4) is 0 Å². The van der Waals surface area contributed by atoms with Gasteiger partial charge in [-0.1, -0.05) is 6.92 Å².